The average molecular weight is 774 g/mol. The van der Waals surface area contributed by atoms with Crippen LogP contribution in [0.5, 0.6) is 0 Å². The Balaban J connectivity index is 1.23. The highest BCUT2D eigenvalue weighted by Gasteiger charge is 2.35. The molecule has 8 aromatic carbocycles. The van der Waals surface area contributed by atoms with Crippen LogP contribution in [-0.2, 0) is 6.18 Å². The molecule has 2 heterocycles. The number of hydrogen-bond donors (Lipinski definition) is 0. The zero-order chi connectivity index (χ0) is 39.9. The molecule has 0 fully saturated rings. The van der Waals surface area contributed by atoms with Crippen LogP contribution >= 0.6 is 0 Å². The van der Waals surface area contributed by atoms with Crippen molar-refractivity contribution in [3.8, 4) is 16.9 Å². The highest BCUT2D eigenvalue weighted by atomic mass is 19.4. The lowest BCUT2D eigenvalue weighted by Crippen LogP contribution is -2.12. The lowest BCUT2D eigenvalue weighted by Gasteiger charge is -2.26. The maximum Gasteiger partial charge on any atom is 0.418 e. The zero-order valence-electron chi connectivity index (χ0n) is 31.5. The SMILES string of the molecule is FC(F)(F)c1cc(-c2cnc3ccccc3n2)ccc1-n1c2ccc(N(c3ccccc3)c3ccccc3)cc2c2cc(N(c3ccccc3)c3ccccc3)ccc21. The zero-order valence-corrected chi connectivity index (χ0v) is 31.5. The van der Waals surface area contributed by atoms with E-state index in [0.29, 0.717) is 33.3 Å². The van der Waals surface area contributed by atoms with Crippen molar-refractivity contribution >= 4 is 67.0 Å². The van der Waals surface area contributed by atoms with Gasteiger partial charge in [0, 0.05) is 50.5 Å². The van der Waals surface area contributed by atoms with Crippen LogP contribution in [0.3, 0.4) is 0 Å². The molecule has 8 heteroatoms. The van der Waals surface area contributed by atoms with Gasteiger partial charge in [0.25, 0.3) is 0 Å². The minimum absolute atomic E-state index is 0.0152. The molecule has 0 unspecified atom stereocenters. The van der Waals surface area contributed by atoms with Gasteiger partial charge in [0.1, 0.15) is 0 Å². The normalized spacial score (nSPS) is 11.6. The predicted molar refractivity (Wildman–Crippen MR) is 234 cm³/mol. The van der Waals surface area contributed by atoms with Gasteiger partial charge < -0.3 is 14.4 Å². The van der Waals surface area contributed by atoms with Gasteiger partial charge in [-0.25, -0.2) is 4.98 Å². The topological polar surface area (TPSA) is 37.2 Å². The highest BCUT2D eigenvalue weighted by Crippen LogP contribution is 2.45. The number of benzene rings is 8. The number of anilines is 6. The molecule has 0 N–H and O–H groups in total. The fourth-order valence-corrected chi connectivity index (χ4v) is 7.95. The van der Waals surface area contributed by atoms with Gasteiger partial charge in [-0.3, -0.25) is 4.98 Å². The minimum Gasteiger partial charge on any atom is -0.310 e. The van der Waals surface area contributed by atoms with Gasteiger partial charge in [-0.15, -0.1) is 0 Å². The maximum atomic E-state index is 15.4. The molecular weight excluding hydrogens is 740 g/mol. The molecule has 0 saturated heterocycles. The summed E-state index contributed by atoms with van der Waals surface area (Å²) in [5, 5.41) is 1.60. The summed E-state index contributed by atoms with van der Waals surface area (Å²) in [5.41, 5.74) is 8.02. The third-order valence-electron chi connectivity index (χ3n) is 10.6. The van der Waals surface area contributed by atoms with Crippen LogP contribution in [0.15, 0.2) is 206 Å². The van der Waals surface area contributed by atoms with E-state index in [-0.39, 0.29) is 5.69 Å². The molecule has 0 aliphatic carbocycles. The van der Waals surface area contributed by atoms with E-state index in [1.54, 1.807) is 22.8 Å². The lowest BCUT2D eigenvalue weighted by molar-refractivity contribution is -0.137. The van der Waals surface area contributed by atoms with E-state index in [0.717, 1.165) is 44.9 Å². The summed E-state index contributed by atoms with van der Waals surface area (Å²) in [6.07, 6.45) is -3.16. The van der Waals surface area contributed by atoms with Crippen molar-refractivity contribution in [3.05, 3.63) is 212 Å². The van der Waals surface area contributed by atoms with Crippen LogP contribution in [0, 0.1) is 0 Å². The first-order valence-electron chi connectivity index (χ1n) is 19.2. The Hall–Kier alpha value is -7.71. The first-order chi connectivity index (χ1) is 28.9. The molecule has 0 atom stereocenters. The molecule has 284 valence electrons. The molecule has 5 nitrogen and oxygen atoms in total. The number of hydrogen-bond acceptors (Lipinski definition) is 4. The van der Waals surface area contributed by atoms with E-state index < -0.39 is 11.7 Å². The number of nitrogens with zero attached hydrogens (tertiary/aromatic N) is 5. The van der Waals surface area contributed by atoms with E-state index in [4.69, 9.17) is 0 Å². The van der Waals surface area contributed by atoms with Gasteiger partial charge in [0.15, 0.2) is 0 Å². The van der Waals surface area contributed by atoms with E-state index in [1.165, 1.54) is 12.3 Å². The van der Waals surface area contributed by atoms with Crippen molar-refractivity contribution in [2.45, 2.75) is 6.18 Å². The second kappa shape index (κ2) is 14.7. The highest BCUT2D eigenvalue weighted by molar-refractivity contribution is 6.12. The van der Waals surface area contributed by atoms with Crippen molar-refractivity contribution in [3.63, 3.8) is 0 Å². The summed E-state index contributed by atoms with van der Waals surface area (Å²) < 4.78 is 48.0. The number of alkyl halides is 3. The summed E-state index contributed by atoms with van der Waals surface area (Å²) in [6.45, 7) is 0. The third-order valence-corrected chi connectivity index (χ3v) is 10.6. The molecule has 10 rings (SSSR count). The van der Waals surface area contributed by atoms with E-state index in [9.17, 15) is 0 Å². The Labute approximate surface area is 338 Å². The molecule has 0 amide bonds. The maximum absolute atomic E-state index is 15.4. The molecule has 0 spiro atoms. The molecule has 0 bridgehead atoms. The van der Waals surface area contributed by atoms with E-state index >= 15 is 13.2 Å². The fourth-order valence-electron chi connectivity index (χ4n) is 7.95. The van der Waals surface area contributed by atoms with Gasteiger partial charge in [-0.2, -0.15) is 13.2 Å². The molecule has 0 aliphatic heterocycles. The van der Waals surface area contributed by atoms with Gasteiger partial charge in [-0.1, -0.05) is 91.0 Å². The molecule has 2 aromatic heterocycles. The molecule has 0 aliphatic rings. The summed E-state index contributed by atoms with van der Waals surface area (Å²) in [7, 11) is 0. The van der Waals surface area contributed by atoms with E-state index in [2.05, 4.69) is 31.9 Å². The summed E-state index contributed by atoms with van der Waals surface area (Å²) in [6, 6.07) is 64.0. The van der Waals surface area contributed by atoms with Gasteiger partial charge >= 0.3 is 6.18 Å². The first kappa shape index (κ1) is 35.7. The van der Waals surface area contributed by atoms with Crippen LogP contribution in [0.4, 0.5) is 47.3 Å². The van der Waals surface area contributed by atoms with Crippen molar-refractivity contribution in [1.29, 1.82) is 0 Å². The van der Waals surface area contributed by atoms with Crippen LogP contribution in [-0.4, -0.2) is 14.5 Å². The quantitative estimate of drug-likeness (QED) is 0.154. The Morgan fingerprint density at radius 3 is 1.32 bits per heavy atom. The smallest absolute Gasteiger partial charge is 0.310 e. The first-order valence-corrected chi connectivity index (χ1v) is 19.2. The van der Waals surface area contributed by atoms with Crippen LogP contribution < -0.4 is 9.80 Å². The fraction of sp³-hybridized carbons (Fsp3) is 0.0196. The third kappa shape index (κ3) is 6.60. The van der Waals surface area contributed by atoms with Crippen LogP contribution in [0.2, 0.25) is 0 Å². The van der Waals surface area contributed by atoms with Crippen molar-refractivity contribution in [2.24, 2.45) is 0 Å². The summed E-state index contributed by atoms with van der Waals surface area (Å²) in [5.74, 6) is 0. The Morgan fingerprint density at radius 1 is 0.424 bits per heavy atom. The minimum atomic E-state index is -4.69. The van der Waals surface area contributed by atoms with Gasteiger partial charge in [-0.05, 0) is 109 Å². The van der Waals surface area contributed by atoms with Crippen molar-refractivity contribution in [2.75, 3.05) is 9.80 Å². The predicted octanol–water partition coefficient (Wildman–Crippen LogP) is 14.4. The molecule has 59 heavy (non-hydrogen) atoms. The number of rotatable bonds is 8. The Kier molecular flexibility index (Phi) is 8.87. The second-order valence-corrected chi connectivity index (χ2v) is 14.2. The van der Waals surface area contributed by atoms with Gasteiger partial charge in [0.05, 0.1) is 45.2 Å². The van der Waals surface area contributed by atoms with E-state index in [1.807, 2.05) is 164 Å². The largest absolute Gasteiger partial charge is 0.418 e. The number of aromatic nitrogens is 3. The van der Waals surface area contributed by atoms with Crippen LogP contribution in [0.25, 0.3) is 49.8 Å². The van der Waals surface area contributed by atoms with Crippen molar-refractivity contribution in [1.82, 2.24) is 14.5 Å². The standard InChI is InChI=1S/C51H34F3N5/c52-51(53,54)44-31-35(47-34-55-45-23-13-14-24-46(45)56-47)25-28-50(44)59-48-29-26-40(57(36-15-5-1-6-16-36)37-17-7-2-8-18-37)32-42(48)43-33-41(27-30-49(43)59)58(38-19-9-3-10-20-38)39-21-11-4-12-22-39/h1-34H. The number of halogens is 3. The summed E-state index contributed by atoms with van der Waals surface area (Å²) >= 11 is 0. The van der Waals surface area contributed by atoms with Crippen LogP contribution in [0.1, 0.15) is 5.56 Å². The molecular formula is C51H34F3N5. The lowest BCUT2D eigenvalue weighted by atomic mass is 10.0. The second-order valence-electron chi connectivity index (χ2n) is 14.2. The molecule has 0 radical (unpaired) electrons. The summed E-state index contributed by atoms with van der Waals surface area (Å²) in [4.78, 5) is 13.5. The monoisotopic (exact) mass is 773 g/mol. The molecule has 0 saturated carbocycles. The Morgan fingerprint density at radius 2 is 0.864 bits per heavy atom. The molecule has 10 aromatic rings. The van der Waals surface area contributed by atoms with Gasteiger partial charge in [0.2, 0.25) is 0 Å². The number of fused-ring (bicyclic) bond motifs is 4. The van der Waals surface area contributed by atoms with Crippen molar-refractivity contribution < 1.29 is 13.2 Å². The Bertz CT molecular complexity index is 2880. The average Bonchev–Trinajstić information content (AvgIpc) is 3.60. The number of para-hydroxylation sites is 6.